The van der Waals surface area contributed by atoms with Gasteiger partial charge in [-0.15, -0.1) is 0 Å². The quantitative estimate of drug-likeness (QED) is 0.406. The second-order valence-corrected chi connectivity index (χ2v) is 8.09. The Labute approximate surface area is 189 Å². The SMILES string of the molecule is Cc1cc(C(F)F)nn1-c1nc(-n2cnc3cc(OC4COC4)c(Br)cc32)ccc1C#N. The van der Waals surface area contributed by atoms with E-state index >= 15 is 0 Å². The van der Waals surface area contributed by atoms with Crippen LogP contribution in [-0.4, -0.2) is 43.6 Å². The molecule has 0 N–H and O–H groups in total. The van der Waals surface area contributed by atoms with Crippen LogP contribution in [0.4, 0.5) is 8.78 Å². The van der Waals surface area contributed by atoms with Gasteiger partial charge in [-0.25, -0.2) is 23.4 Å². The molecule has 1 saturated heterocycles. The Morgan fingerprint density at radius 1 is 1.28 bits per heavy atom. The number of nitrogens with zero attached hydrogens (tertiary/aromatic N) is 6. The molecule has 32 heavy (non-hydrogen) atoms. The van der Waals surface area contributed by atoms with E-state index < -0.39 is 6.43 Å². The van der Waals surface area contributed by atoms with E-state index in [9.17, 15) is 14.0 Å². The molecule has 0 saturated carbocycles. The van der Waals surface area contributed by atoms with Gasteiger partial charge in [0.2, 0.25) is 0 Å². The van der Waals surface area contributed by atoms with E-state index in [0.717, 1.165) is 9.99 Å². The lowest BCUT2D eigenvalue weighted by atomic mass is 10.2. The number of halogens is 3. The van der Waals surface area contributed by atoms with Gasteiger partial charge in [-0.3, -0.25) is 4.57 Å². The molecule has 5 rings (SSSR count). The first-order valence-corrected chi connectivity index (χ1v) is 10.4. The maximum atomic E-state index is 13.1. The highest BCUT2D eigenvalue weighted by Gasteiger charge is 2.22. The number of rotatable bonds is 5. The molecule has 0 atom stereocenters. The molecule has 162 valence electrons. The van der Waals surface area contributed by atoms with E-state index in [1.54, 1.807) is 30.0 Å². The van der Waals surface area contributed by atoms with Gasteiger partial charge >= 0.3 is 0 Å². The highest BCUT2D eigenvalue weighted by atomic mass is 79.9. The lowest BCUT2D eigenvalue weighted by Gasteiger charge is -2.27. The molecule has 3 aromatic heterocycles. The fourth-order valence-electron chi connectivity index (χ4n) is 3.39. The molecule has 0 bridgehead atoms. The van der Waals surface area contributed by atoms with Gasteiger partial charge < -0.3 is 9.47 Å². The van der Waals surface area contributed by atoms with Crippen LogP contribution in [0.5, 0.6) is 5.75 Å². The van der Waals surface area contributed by atoms with Gasteiger partial charge in [0.1, 0.15) is 35.8 Å². The van der Waals surface area contributed by atoms with Crippen LogP contribution in [0.25, 0.3) is 22.7 Å². The van der Waals surface area contributed by atoms with Crippen molar-refractivity contribution in [2.75, 3.05) is 13.2 Å². The van der Waals surface area contributed by atoms with Crippen molar-refractivity contribution >= 4 is 27.0 Å². The van der Waals surface area contributed by atoms with Crippen LogP contribution >= 0.6 is 15.9 Å². The van der Waals surface area contributed by atoms with Gasteiger partial charge in [-0.1, -0.05) is 0 Å². The molecular formula is C21H15BrF2N6O2. The van der Waals surface area contributed by atoms with Crippen LogP contribution < -0.4 is 4.74 Å². The zero-order valence-corrected chi connectivity index (χ0v) is 18.3. The summed E-state index contributed by atoms with van der Waals surface area (Å²) in [4.78, 5) is 9.00. The van der Waals surface area contributed by atoms with E-state index in [1.165, 1.54) is 10.7 Å². The van der Waals surface area contributed by atoms with Crippen molar-refractivity contribution in [3.05, 3.63) is 58.1 Å². The first-order chi connectivity index (χ1) is 15.4. The molecular weight excluding hydrogens is 486 g/mol. The average molecular weight is 501 g/mol. The summed E-state index contributed by atoms with van der Waals surface area (Å²) in [5.41, 5.74) is 1.72. The second-order valence-electron chi connectivity index (χ2n) is 7.24. The van der Waals surface area contributed by atoms with Gasteiger partial charge in [0, 0.05) is 11.8 Å². The standard InChI is InChI=1S/C21H15BrF2N6O2/c1-11-4-16(20(23)24)28-30(11)21-12(7-25)2-3-19(27-21)29-10-26-15-6-18(14(22)5-17(15)29)32-13-8-31-9-13/h2-6,10,13,20H,8-9H2,1H3. The monoisotopic (exact) mass is 500 g/mol. The van der Waals surface area contributed by atoms with Crippen LogP contribution in [0.1, 0.15) is 23.4 Å². The lowest BCUT2D eigenvalue weighted by molar-refractivity contribution is -0.0799. The second kappa shape index (κ2) is 7.96. The first-order valence-electron chi connectivity index (χ1n) is 9.62. The van der Waals surface area contributed by atoms with Gasteiger partial charge in [-0.2, -0.15) is 10.4 Å². The van der Waals surface area contributed by atoms with Gasteiger partial charge in [-0.05, 0) is 47.1 Å². The van der Waals surface area contributed by atoms with Crippen LogP contribution in [0.15, 0.2) is 41.1 Å². The third-order valence-electron chi connectivity index (χ3n) is 5.06. The molecule has 0 aliphatic carbocycles. The summed E-state index contributed by atoms with van der Waals surface area (Å²) in [6.45, 7) is 2.74. The van der Waals surface area contributed by atoms with Crippen molar-refractivity contribution in [3.8, 4) is 23.5 Å². The molecule has 11 heteroatoms. The minimum atomic E-state index is -2.72. The van der Waals surface area contributed by atoms with Crippen molar-refractivity contribution in [2.24, 2.45) is 0 Å². The number of pyridine rings is 1. The number of hydrogen-bond donors (Lipinski definition) is 0. The summed E-state index contributed by atoms with van der Waals surface area (Å²) in [6, 6.07) is 10.3. The number of nitriles is 1. The van der Waals surface area contributed by atoms with Crippen LogP contribution in [-0.2, 0) is 4.74 Å². The molecule has 1 aromatic carbocycles. The van der Waals surface area contributed by atoms with E-state index in [4.69, 9.17) is 9.47 Å². The molecule has 1 aliphatic heterocycles. The lowest BCUT2D eigenvalue weighted by Crippen LogP contribution is -2.38. The van der Waals surface area contributed by atoms with E-state index in [-0.39, 0.29) is 23.2 Å². The third-order valence-corrected chi connectivity index (χ3v) is 5.68. The van der Waals surface area contributed by atoms with Crippen molar-refractivity contribution in [1.82, 2.24) is 24.3 Å². The molecule has 4 heterocycles. The summed E-state index contributed by atoms with van der Waals surface area (Å²) in [5.74, 6) is 1.29. The number of aryl methyl sites for hydroxylation is 1. The van der Waals surface area contributed by atoms with Crippen LogP contribution in [0.3, 0.4) is 0 Å². The largest absolute Gasteiger partial charge is 0.484 e. The van der Waals surface area contributed by atoms with Crippen molar-refractivity contribution in [1.29, 1.82) is 5.26 Å². The summed E-state index contributed by atoms with van der Waals surface area (Å²) >= 11 is 3.53. The Morgan fingerprint density at radius 3 is 2.75 bits per heavy atom. The zero-order valence-electron chi connectivity index (χ0n) is 16.7. The molecule has 0 unspecified atom stereocenters. The average Bonchev–Trinajstić information content (AvgIpc) is 3.33. The first kappa shape index (κ1) is 20.5. The highest BCUT2D eigenvalue weighted by Crippen LogP contribution is 2.32. The van der Waals surface area contributed by atoms with Gasteiger partial charge in [0.25, 0.3) is 6.43 Å². The molecule has 1 aliphatic rings. The van der Waals surface area contributed by atoms with E-state index in [1.807, 2.05) is 18.2 Å². The number of ether oxygens (including phenoxy) is 2. The van der Waals surface area contributed by atoms with Crippen LogP contribution in [0.2, 0.25) is 0 Å². The summed E-state index contributed by atoms with van der Waals surface area (Å²) < 4.78 is 41.0. The number of imidazole rings is 1. The highest BCUT2D eigenvalue weighted by molar-refractivity contribution is 9.10. The number of aromatic nitrogens is 5. The topological polar surface area (TPSA) is 90.8 Å². The van der Waals surface area contributed by atoms with E-state index in [0.29, 0.717) is 36.0 Å². The van der Waals surface area contributed by atoms with Crippen LogP contribution in [0, 0.1) is 18.3 Å². The maximum Gasteiger partial charge on any atom is 0.282 e. The minimum Gasteiger partial charge on any atom is -0.484 e. The molecule has 0 amide bonds. The van der Waals surface area contributed by atoms with E-state index in [2.05, 4.69) is 31.0 Å². The summed E-state index contributed by atoms with van der Waals surface area (Å²) in [6.07, 6.45) is -1.10. The number of benzene rings is 1. The Balaban J connectivity index is 1.59. The van der Waals surface area contributed by atoms with Crippen molar-refractivity contribution in [3.63, 3.8) is 0 Å². The summed E-state index contributed by atoms with van der Waals surface area (Å²) in [7, 11) is 0. The Bertz CT molecular complexity index is 1370. The van der Waals surface area contributed by atoms with Crippen molar-refractivity contribution < 1.29 is 18.3 Å². The molecule has 0 spiro atoms. The smallest absolute Gasteiger partial charge is 0.282 e. The third kappa shape index (κ3) is 3.51. The predicted octanol–water partition coefficient (Wildman–Crippen LogP) is 4.26. The molecule has 0 radical (unpaired) electrons. The Morgan fingerprint density at radius 2 is 2.09 bits per heavy atom. The van der Waals surface area contributed by atoms with Gasteiger partial charge in [0.05, 0.1) is 34.3 Å². The molecule has 4 aromatic rings. The molecule has 8 nitrogen and oxygen atoms in total. The number of hydrogen-bond acceptors (Lipinski definition) is 6. The zero-order chi connectivity index (χ0) is 22.4. The fraction of sp³-hybridized carbons (Fsp3) is 0.238. The maximum absolute atomic E-state index is 13.1. The van der Waals surface area contributed by atoms with Crippen molar-refractivity contribution in [2.45, 2.75) is 19.5 Å². The minimum absolute atomic E-state index is 0.0176. The predicted molar refractivity (Wildman–Crippen MR) is 113 cm³/mol. The normalized spacial score (nSPS) is 14.0. The van der Waals surface area contributed by atoms with Gasteiger partial charge in [0.15, 0.2) is 5.82 Å². The number of fused-ring (bicyclic) bond motifs is 1. The Kier molecular flexibility index (Phi) is 5.11. The fourth-order valence-corrected chi connectivity index (χ4v) is 3.81. The number of alkyl halides is 2. The summed E-state index contributed by atoms with van der Waals surface area (Å²) in [5, 5.41) is 13.5. The molecule has 1 fully saturated rings. The Hall–Kier alpha value is -3.36.